The zero-order valence-electron chi connectivity index (χ0n) is 13.2. The molecule has 0 rings (SSSR count). The van der Waals surface area contributed by atoms with Gasteiger partial charge in [-0.2, -0.15) is 0 Å². The van der Waals surface area contributed by atoms with Gasteiger partial charge in [0.15, 0.2) is 0 Å². The van der Waals surface area contributed by atoms with Crippen LogP contribution >= 0.6 is 0 Å². The van der Waals surface area contributed by atoms with Crippen molar-refractivity contribution in [3.8, 4) is 0 Å². The summed E-state index contributed by atoms with van der Waals surface area (Å²) >= 11 is 0. The van der Waals surface area contributed by atoms with Crippen LogP contribution in [0.2, 0.25) is 0 Å². The van der Waals surface area contributed by atoms with E-state index in [4.69, 9.17) is 0 Å². The van der Waals surface area contributed by atoms with Gasteiger partial charge in [0.2, 0.25) is 0 Å². The first-order valence-corrected chi connectivity index (χ1v) is 8.58. The lowest BCUT2D eigenvalue weighted by Gasteiger charge is -2.17. The summed E-state index contributed by atoms with van der Waals surface area (Å²) in [6.45, 7) is 4.43. The Morgan fingerprint density at radius 1 is 0.526 bits per heavy atom. The Labute approximate surface area is 120 Å². The van der Waals surface area contributed by atoms with E-state index in [0.717, 1.165) is 25.7 Å². The largest absolute Gasteiger partial charge is 0.390 e. The standard InChI is InChI=1S/C17H36O2/c1-3-5-7-9-11-13-15-17(19)16(18)14-12-10-8-6-4-2/h16-19H,3-15H2,1-2H3. The summed E-state index contributed by atoms with van der Waals surface area (Å²) in [5.41, 5.74) is 0. The molecule has 2 atom stereocenters. The van der Waals surface area contributed by atoms with Crippen LogP contribution in [0.5, 0.6) is 0 Å². The first kappa shape index (κ1) is 18.9. The number of aliphatic hydroxyl groups excluding tert-OH is 2. The van der Waals surface area contributed by atoms with Crippen LogP contribution < -0.4 is 0 Å². The molecule has 2 unspecified atom stereocenters. The van der Waals surface area contributed by atoms with Crippen LogP contribution in [0.4, 0.5) is 0 Å². The lowest BCUT2D eigenvalue weighted by atomic mass is 10.00. The molecule has 2 nitrogen and oxygen atoms in total. The van der Waals surface area contributed by atoms with Crippen LogP contribution in [-0.4, -0.2) is 22.4 Å². The third-order valence-corrected chi connectivity index (χ3v) is 3.90. The van der Waals surface area contributed by atoms with Gasteiger partial charge in [0.05, 0.1) is 12.2 Å². The maximum Gasteiger partial charge on any atom is 0.0799 e. The van der Waals surface area contributed by atoms with Crippen molar-refractivity contribution in [1.29, 1.82) is 0 Å². The molecule has 0 radical (unpaired) electrons. The van der Waals surface area contributed by atoms with Crippen molar-refractivity contribution in [2.24, 2.45) is 0 Å². The van der Waals surface area contributed by atoms with Gasteiger partial charge in [0, 0.05) is 0 Å². The van der Waals surface area contributed by atoms with Crippen molar-refractivity contribution < 1.29 is 10.2 Å². The third-order valence-electron chi connectivity index (χ3n) is 3.90. The number of aliphatic hydroxyl groups is 2. The minimum absolute atomic E-state index is 0.502. The molecule has 116 valence electrons. The molecule has 0 aromatic heterocycles. The summed E-state index contributed by atoms with van der Waals surface area (Å²) < 4.78 is 0. The highest BCUT2D eigenvalue weighted by molar-refractivity contribution is 4.67. The summed E-state index contributed by atoms with van der Waals surface area (Å²) in [7, 11) is 0. The molecular formula is C17H36O2. The van der Waals surface area contributed by atoms with Crippen molar-refractivity contribution in [3.63, 3.8) is 0 Å². The molecule has 0 saturated heterocycles. The van der Waals surface area contributed by atoms with Crippen molar-refractivity contribution in [3.05, 3.63) is 0 Å². The van der Waals surface area contributed by atoms with E-state index in [9.17, 15) is 10.2 Å². The highest BCUT2D eigenvalue weighted by Gasteiger charge is 2.14. The van der Waals surface area contributed by atoms with Crippen LogP contribution in [0.3, 0.4) is 0 Å². The summed E-state index contributed by atoms with van der Waals surface area (Å²) in [6.07, 6.45) is 14.0. The molecule has 0 amide bonds. The van der Waals surface area contributed by atoms with Gasteiger partial charge in [-0.05, 0) is 12.8 Å². The van der Waals surface area contributed by atoms with Crippen molar-refractivity contribution in [1.82, 2.24) is 0 Å². The zero-order chi connectivity index (χ0) is 14.3. The molecule has 0 aromatic carbocycles. The Morgan fingerprint density at radius 2 is 0.842 bits per heavy atom. The first-order chi connectivity index (χ1) is 9.22. The molecule has 0 aromatic rings. The molecular weight excluding hydrogens is 236 g/mol. The van der Waals surface area contributed by atoms with Crippen LogP contribution in [-0.2, 0) is 0 Å². The van der Waals surface area contributed by atoms with Gasteiger partial charge < -0.3 is 10.2 Å². The van der Waals surface area contributed by atoms with Crippen molar-refractivity contribution in [2.75, 3.05) is 0 Å². The Bertz CT molecular complexity index is 171. The highest BCUT2D eigenvalue weighted by Crippen LogP contribution is 2.14. The molecule has 19 heavy (non-hydrogen) atoms. The molecule has 0 aliphatic heterocycles. The first-order valence-electron chi connectivity index (χ1n) is 8.58. The molecule has 0 spiro atoms. The number of hydrogen-bond donors (Lipinski definition) is 2. The monoisotopic (exact) mass is 272 g/mol. The van der Waals surface area contributed by atoms with Crippen molar-refractivity contribution in [2.45, 2.75) is 110 Å². The SMILES string of the molecule is CCCCCCCCC(O)C(O)CCCCCCC. The maximum absolute atomic E-state index is 9.87. The van der Waals surface area contributed by atoms with Gasteiger partial charge >= 0.3 is 0 Å². The highest BCUT2D eigenvalue weighted by atomic mass is 16.3. The number of hydrogen-bond acceptors (Lipinski definition) is 2. The molecule has 0 heterocycles. The van der Waals surface area contributed by atoms with Crippen LogP contribution in [0.25, 0.3) is 0 Å². The smallest absolute Gasteiger partial charge is 0.0799 e. The van der Waals surface area contributed by atoms with Gasteiger partial charge in [-0.3, -0.25) is 0 Å². The van der Waals surface area contributed by atoms with E-state index in [1.807, 2.05) is 0 Å². The van der Waals surface area contributed by atoms with E-state index >= 15 is 0 Å². The second kappa shape index (κ2) is 14.3. The minimum Gasteiger partial charge on any atom is -0.390 e. The maximum atomic E-state index is 9.87. The van der Waals surface area contributed by atoms with E-state index in [1.54, 1.807) is 0 Å². The zero-order valence-corrected chi connectivity index (χ0v) is 13.2. The number of unbranched alkanes of at least 4 members (excludes halogenated alkanes) is 9. The van der Waals surface area contributed by atoms with Gasteiger partial charge in [-0.25, -0.2) is 0 Å². The molecule has 0 aliphatic rings. The predicted molar refractivity (Wildman–Crippen MR) is 83.4 cm³/mol. The Balaban J connectivity index is 3.35. The summed E-state index contributed by atoms with van der Waals surface area (Å²) in [6, 6.07) is 0. The normalized spacial score (nSPS) is 14.5. The van der Waals surface area contributed by atoms with Crippen LogP contribution in [0, 0.1) is 0 Å². The Kier molecular flexibility index (Phi) is 14.3. The van der Waals surface area contributed by atoms with E-state index in [0.29, 0.717) is 0 Å². The van der Waals surface area contributed by atoms with Gasteiger partial charge in [-0.1, -0.05) is 84.5 Å². The summed E-state index contributed by atoms with van der Waals surface area (Å²) in [4.78, 5) is 0. The fourth-order valence-electron chi connectivity index (χ4n) is 2.48. The van der Waals surface area contributed by atoms with Crippen molar-refractivity contribution >= 4 is 0 Å². The molecule has 2 heteroatoms. The molecule has 0 bridgehead atoms. The van der Waals surface area contributed by atoms with E-state index in [-0.39, 0.29) is 0 Å². The topological polar surface area (TPSA) is 40.5 Å². The van der Waals surface area contributed by atoms with E-state index in [2.05, 4.69) is 13.8 Å². The van der Waals surface area contributed by atoms with E-state index < -0.39 is 12.2 Å². The second-order valence-electron chi connectivity index (χ2n) is 5.89. The fraction of sp³-hybridized carbons (Fsp3) is 1.00. The quantitative estimate of drug-likeness (QED) is 0.445. The van der Waals surface area contributed by atoms with Gasteiger partial charge in [-0.15, -0.1) is 0 Å². The average molecular weight is 272 g/mol. The Morgan fingerprint density at radius 3 is 1.21 bits per heavy atom. The minimum atomic E-state index is -0.503. The van der Waals surface area contributed by atoms with Crippen LogP contribution in [0.1, 0.15) is 97.3 Å². The van der Waals surface area contributed by atoms with Gasteiger partial charge in [0.1, 0.15) is 0 Å². The molecule has 2 N–H and O–H groups in total. The van der Waals surface area contributed by atoms with Gasteiger partial charge in [0.25, 0.3) is 0 Å². The van der Waals surface area contributed by atoms with Crippen LogP contribution in [0.15, 0.2) is 0 Å². The average Bonchev–Trinajstić information content (AvgIpc) is 2.42. The van der Waals surface area contributed by atoms with E-state index in [1.165, 1.54) is 57.8 Å². The fourth-order valence-corrected chi connectivity index (χ4v) is 2.48. The predicted octanol–water partition coefficient (Wildman–Crippen LogP) is 4.82. The summed E-state index contributed by atoms with van der Waals surface area (Å²) in [5, 5.41) is 19.7. The summed E-state index contributed by atoms with van der Waals surface area (Å²) in [5.74, 6) is 0. The molecule has 0 saturated carbocycles. The molecule has 0 fully saturated rings. The Hall–Kier alpha value is -0.0800. The lowest BCUT2D eigenvalue weighted by molar-refractivity contribution is 0.00712. The molecule has 0 aliphatic carbocycles. The third kappa shape index (κ3) is 12.7. The number of rotatable bonds is 14. The lowest BCUT2D eigenvalue weighted by Crippen LogP contribution is -2.25. The second-order valence-corrected chi connectivity index (χ2v) is 5.89.